The van der Waals surface area contributed by atoms with E-state index in [0.29, 0.717) is 5.39 Å². The molecule has 0 amide bonds. The third-order valence-electron chi connectivity index (χ3n) is 1.91. The van der Waals surface area contributed by atoms with Gasteiger partial charge in [-0.15, -0.1) is 12.4 Å². The molecule has 0 bridgehead atoms. The number of aromatic nitrogens is 1. The average molecular weight is 264 g/mol. The Morgan fingerprint density at radius 2 is 1.93 bits per heavy atom. The van der Waals surface area contributed by atoms with Gasteiger partial charge in [-0.05, 0) is 17.5 Å². The SMILES string of the molecule is Cl.O=S(=O)(Cl)c1cccc2ccncc12. The van der Waals surface area contributed by atoms with Crippen LogP contribution in [0.3, 0.4) is 0 Å². The van der Waals surface area contributed by atoms with Crippen LogP contribution < -0.4 is 0 Å². The Morgan fingerprint density at radius 3 is 2.60 bits per heavy atom. The van der Waals surface area contributed by atoms with Crippen LogP contribution >= 0.6 is 23.1 Å². The Labute approximate surface area is 97.9 Å². The largest absolute Gasteiger partial charge is 0.264 e. The van der Waals surface area contributed by atoms with Crippen molar-refractivity contribution in [1.82, 2.24) is 4.98 Å². The average Bonchev–Trinajstić information content (AvgIpc) is 2.15. The number of fused-ring (bicyclic) bond motifs is 1. The first-order chi connectivity index (χ1) is 6.59. The van der Waals surface area contributed by atoms with Gasteiger partial charge in [-0.2, -0.15) is 0 Å². The summed E-state index contributed by atoms with van der Waals surface area (Å²) < 4.78 is 22.4. The lowest BCUT2D eigenvalue weighted by atomic mass is 10.2. The summed E-state index contributed by atoms with van der Waals surface area (Å²) in [5, 5.41) is 1.35. The second-order valence-electron chi connectivity index (χ2n) is 2.79. The van der Waals surface area contributed by atoms with Gasteiger partial charge in [-0.3, -0.25) is 4.98 Å². The quantitative estimate of drug-likeness (QED) is 0.744. The topological polar surface area (TPSA) is 47.0 Å². The first-order valence-corrected chi connectivity index (χ1v) is 6.17. The van der Waals surface area contributed by atoms with Gasteiger partial charge in [0.25, 0.3) is 9.05 Å². The number of hydrogen-bond donors (Lipinski definition) is 0. The minimum absolute atomic E-state index is 0. The van der Waals surface area contributed by atoms with Gasteiger partial charge >= 0.3 is 0 Å². The van der Waals surface area contributed by atoms with Gasteiger partial charge in [-0.1, -0.05) is 12.1 Å². The standard InChI is InChI=1S/C9H6ClNO2S.ClH/c10-14(12,13)9-3-1-2-7-4-5-11-6-8(7)9;/h1-6H;1H. The van der Waals surface area contributed by atoms with E-state index >= 15 is 0 Å². The molecule has 0 aliphatic carbocycles. The van der Waals surface area contributed by atoms with Crippen molar-refractivity contribution in [3.05, 3.63) is 36.7 Å². The molecule has 1 aromatic carbocycles. The second kappa shape index (κ2) is 4.35. The van der Waals surface area contributed by atoms with Crippen molar-refractivity contribution in [2.45, 2.75) is 4.90 Å². The van der Waals surface area contributed by atoms with Gasteiger partial charge in [0.15, 0.2) is 0 Å². The third-order valence-corrected chi connectivity index (χ3v) is 3.29. The number of pyridine rings is 1. The highest BCUT2D eigenvalue weighted by Gasteiger charge is 2.13. The van der Waals surface area contributed by atoms with Crippen LogP contribution in [0.25, 0.3) is 10.8 Å². The molecule has 1 aromatic heterocycles. The molecule has 0 aliphatic heterocycles. The molecule has 2 rings (SSSR count). The molecule has 0 radical (unpaired) electrons. The normalized spacial score (nSPS) is 11.0. The van der Waals surface area contributed by atoms with E-state index in [1.807, 2.05) is 6.07 Å². The minimum atomic E-state index is -3.70. The molecule has 80 valence electrons. The smallest absolute Gasteiger partial charge is 0.261 e. The van der Waals surface area contributed by atoms with Crippen LogP contribution in [0.2, 0.25) is 0 Å². The lowest BCUT2D eigenvalue weighted by Crippen LogP contribution is -1.92. The monoisotopic (exact) mass is 263 g/mol. The summed E-state index contributed by atoms with van der Waals surface area (Å²) in [6.07, 6.45) is 3.09. The molecule has 1 heterocycles. The summed E-state index contributed by atoms with van der Waals surface area (Å²) in [5.41, 5.74) is 0. The van der Waals surface area contributed by atoms with E-state index in [-0.39, 0.29) is 17.3 Å². The first kappa shape index (κ1) is 12.2. The predicted octanol–water partition coefficient (Wildman–Crippen LogP) is 2.58. The molecule has 2 aromatic rings. The van der Waals surface area contributed by atoms with E-state index in [4.69, 9.17) is 10.7 Å². The molecule has 3 nitrogen and oxygen atoms in total. The fourth-order valence-corrected chi connectivity index (χ4v) is 2.38. The minimum Gasteiger partial charge on any atom is -0.264 e. The molecule has 0 fully saturated rings. The van der Waals surface area contributed by atoms with Crippen LogP contribution in [-0.4, -0.2) is 13.4 Å². The Balaban J connectivity index is 0.00000112. The van der Waals surface area contributed by atoms with E-state index in [1.54, 1.807) is 18.3 Å². The van der Waals surface area contributed by atoms with Gasteiger partial charge < -0.3 is 0 Å². The van der Waals surface area contributed by atoms with Crippen LogP contribution in [0.5, 0.6) is 0 Å². The molecule has 15 heavy (non-hydrogen) atoms. The van der Waals surface area contributed by atoms with Crippen molar-refractivity contribution < 1.29 is 8.42 Å². The molecule has 0 atom stereocenters. The van der Waals surface area contributed by atoms with E-state index in [0.717, 1.165) is 5.39 Å². The number of halogens is 2. The summed E-state index contributed by atoms with van der Waals surface area (Å²) in [4.78, 5) is 3.97. The lowest BCUT2D eigenvalue weighted by molar-refractivity contribution is 0.610. The Morgan fingerprint density at radius 1 is 1.20 bits per heavy atom. The van der Waals surface area contributed by atoms with Gasteiger partial charge in [0.2, 0.25) is 0 Å². The molecule has 0 saturated heterocycles. The molecule has 6 heteroatoms. The van der Waals surface area contributed by atoms with Crippen molar-refractivity contribution in [3.8, 4) is 0 Å². The van der Waals surface area contributed by atoms with E-state index in [2.05, 4.69) is 4.98 Å². The summed E-state index contributed by atoms with van der Waals surface area (Å²) >= 11 is 0. The molecule has 0 aliphatic rings. The van der Waals surface area contributed by atoms with E-state index in [9.17, 15) is 8.42 Å². The number of nitrogens with zero attached hydrogens (tertiary/aromatic N) is 1. The van der Waals surface area contributed by atoms with Gasteiger partial charge in [-0.25, -0.2) is 8.42 Å². The molecular weight excluding hydrogens is 257 g/mol. The highest BCUT2D eigenvalue weighted by molar-refractivity contribution is 8.14. The maximum Gasteiger partial charge on any atom is 0.261 e. The van der Waals surface area contributed by atoms with Crippen LogP contribution in [0, 0.1) is 0 Å². The van der Waals surface area contributed by atoms with Gasteiger partial charge in [0, 0.05) is 28.5 Å². The summed E-state index contributed by atoms with van der Waals surface area (Å²) in [7, 11) is 1.58. The molecule has 0 saturated carbocycles. The Bertz CT molecular complexity index is 578. The lowest BCUT2D eigenvalue weighted by Gasteiger charge is -2.01. The van der Waals surface area contributed by atoms with Crippen LogP contribution in [0.15, 0.2) is 41.6 Å². The maximum atomic E-state index is 11.2. The zero-order valence-corrected chi connectivity index (χ0v) is 9.81. The fourth-order valence-electron chi connectivity index (χ4n) is 1.30. The van der Waals surface area contributed by atoms with Gasteiger partial charge in [0.05, 0.1) is 4.90 Å². The maximum absolute atomic E-state index is 11.2. The van der Waals surface area contributed by atoms with Crippen molar-refractivity contribution in [2.75, 3.05) is 0 Å². The van der Waals surface area contributed by atoms with Crippen molar-refractivity contribution in [3.63, 3.8) is 0 Å². The molecule has 0 unspecified atom stereocenters. The van der Waals surface area contributed by atoms with Crippen LogP contribution in [-0.2, 0) is 9.05 Å². The van der Waals surface area contributed by atoms with Crippen molar-refractivity contribution >= 4 is 42.9 Å². The second-order valence-corrected chi connectivity index (χ2v) is 5.33. The summed E-state index contributed by atoms with van der Waals surface area (Å²) in [6, 6.07) is 6.66. The first-order valence-electron chi connectivity index (χ1n) is 3.86. The molecule has 0 spiro atoms. The zero-order chi connectivity index (χ0) is 10.2. The molecule has 0 N–H and O–H groups in total. The van der Waals surface area contributed by atoms with E-state index in [1.165, 1.54) is 12.3 Å². The Hall–Kier alpha value is -0.840. The van der Waals surface area contributed by atoms with E-state index < -0.39 is 9.05 Å². The summed E-state index contributed by atoms with van der Waals surface area (Å²) in [5.74, 6) is 0. The van der Waals surface area contributed by atoms with Gasteiger partial charge in [0.1, 0.15) is 0 Å². The molecular formula is C9H7Cl2NO2S. The number of benzene rings is 1. The van der Waals surface area contributed by atoms with Crippen LogP contribution in [0.4, 0.5) is 0 Å². The predicted molar refractivity (Wildman–Crippen MR) is 62.0 cm³/mol. The fraction of sp³-hybridized carbons (Fsp3) is 0. The number of rotatable bonds is 1. The third kappa shape index (κ3) is 2.40. The zero-order valence-electron chi connectivity index (χ0n) is 7.42. The Kier molecular flexibility index (Phi) is 3.54. The number of hydrogen-bond acceptors (Lipinski definition) is 3. The highest BCUT2D eigenvalue weighted by atomic mass is 35.7. The van der Waals surface area contributed by atoms with Crippen molar-refractivity contribution in [1.29, 1.82) is 0 Å². The van der Waals surface area contributed by atoms with Crippen LogP contribution in [0.1, 0.15) is 0 Å². The summed E-state index contributed by atoms with van der Waals surface area (Å²) in [6.45, 7) is 0. The van der Waals surface area contributed by atoms with Crippen molar-refractivity contribution in [2.24, 2.45) is 0 Å². The highest BCUT2D eigenvalue weighted by Crippen LogP contribution is 2.24.